The molecule has 0 radical (unpaired) electrons. The van der Waals surface area contributed by atoms with Crippen molar-refractivity contribution < 1.29 is 9.59 Å². The molecular formula is C12H18N2O2. The van der Waals surface area contributed by atoms with Gasteiger partial charge in [-0.1, -0.05) is 0 Å². The van der Waals surface area contributed by atoms with E-state index < -0.39 is 0 Å². The highest BCUT2D eigenvalue weighted by atomic mass is 16.2. The molecule has 3 aliphatic rings. The summed E-state index contributed by atoms with van der Waals surface area (Å²) in [6, 6.07) is -0.280. The average Bonchev–Trinajstić information content (AvgIpc) is 3.11. The van der Waals surface area contributed by atoms with Gasteiger partial charge in [0, 0.05) is 6.54 Å². The van der Waals surface area contributed by atoms with Crippen LogP contribution >= 0.6 is 0 Å². The van der Waals surface area contributed by atoms with Gasteiger partial charge in [0.05, 0.1) is 6.54 Å². The smallest absolute Gasteiger partial charge is 0.242 e. The summed E-state index contributed by atoms with van der Waals surface area (Å²) in [7, 11) is 0. The third-order valence-electron chi connectivity index (χ3n) is 4.40. The first-order valence-electron chi connectivity index (χ1n) is 6.20. The van der Waals surface area contributed by atoms with Crippen LogP contribution in [0, 0.1) is 11.3 Å². The molecule has 0 bridgehead atoms. The fourth-order valence-electron chi connectivity index (χ4n) is 2.89. The highest BCUT2D eigenvalue weighted by Crippen LogP contribution is 2.61. The lowest BCUT2D eigenvalue weighted by Crippen LogP contribution is -2.58. The highest BCUT2D eigenvalue weighted by molar-refractivity contribution is 5.94. The van der Waals surface area contributed by atoms with Crippen molar-refractivity contribution in [2.24, 2.45) is 11.3 Å². The molecule has 2 amide bonds. The van der Waals surface area contributed by atoms with Crippen LogP contribution in [0.5, 0.6) is 0 Å². The van der Waals surface area contributed by atoms with E-state index in [1.165, 1.54) is 25.7 Å². The van der Waals surface area contributed by atoms with E-state index in [9.17, 15) is 9.59 Å². The Hall–Kier alpha value is -1.06. The van der Waals surface area contributed by atoms with Crippen LogP contribution in [0.1, 0.15) is 32.6 Å². The zero-order valence-electron chi connectivity index (χ0n) is 9.66. The maximum Gasteiger partial charge on any atom is 0.242 e. The van der Waals surface area contributed by atoms with Crippen LogP contribution in [0.3, 0.4) is 0 Å². The van der Waals surface area contributed by atoms with E-state index in [1.807, 2.05) is 6.92 Å². The van der Waals surface area contributed by atoms with Gasteiger partial charge < -0.3 is 10.2 Å². The molecule has 4 heteroatoms. The lowest BCUT2D eigenvalue weighted by Gasteiger charge is -2.35. The Kier molecular flexibility index (Phi) is 2.03. The van der Waals surface area contributed by atoms with Gasteiger partial charge in [-0.3, -0.25) is 9.59 Å². The van der Waals surface area contributed by atoms with Crippen LogP contribution in [-0.2, 0) is 9.59 Å². The molecule has 1 atom stereocenters. The van der Waals surface area contributed by atoms with E-state index in [4.69, 9.17) is 0 Å². The third kappa shape index (κ3) is 1.51. The van der Waals surface area contributed by atoms with E-state index in [1.54, 1.807) is 4.90 Å². The molecule has 1 aliphatic heterocycles. The zero-order valence-corrected chi connectivity index (χ0v) is 9.66. The van der Waals surface area contributed by atoms with Crippen LogP contribution < -0.4 is 5.32 Å². The quantitative estimate of drug-likeness (QED) is 0.757. The van der Waals surface area contributed by atoms with Crippen molar-refractivity contribution in [3.8, 4) is 0 Å². The lowest BCUT2D eigenvalue weighted by molar-refractivity contribution is -0.145. The topological polar surface area (TPSA) is 49.4 Å². The summed E-state index contributed by atoms with van der Waals surface area (Å²) in [5.74, 6) is 0.905. The molecule has 1 heterocycles. The summed E-state index contributed by atoms with van der Waals surface area (Å²) < 4.78 is 0. The van der Waals surface area contributed by atoms with Crippen LogP contribution in [0.25, 0.3) is 0 Å². The van der Waals surface area contributed by atoms with Crippen molar-refractivity contribution in [3.63, 3.8) is 0 Å². The number of amides is 2. The number of rotatable bonds is 3. The molecule has 16 heavy (non-hydrogen) atoms. The van der Waals surface area contributed by atoms with Crippen LogP contribution in [0.2, 0.25) is 0 Å². The number of piperazine rings is 1. The van der Waals surface area contributed by atoms with Crippen LogP contribution in [-0.4, -0.2) is 35.8 Å². The molecule has 1 unspecified atom stereocenters. The van der Waals surface area contributed by atoms with Gasteiger partial charge in [0.25, 0.3) is 0 Å². The minimum absolute atomic E-state index is 0.00815. The Bertz CT molecular complexity index is 345. The third-order valence-corrected chi connectivity index (χ3v) is 4.40. The summed E-state index contributed by atoms with van der Waals surface area (Å²) >= 11 is 0. The molecule has 88 valence electrons. The van der Waals surface area contributed by atoms with Crippen LogP contribution in [0.4, 0.5) is 0 Å². The number of nitrogens with one attached hydrogen (secondary N) is 1. The molecule has 0 aromatic heterocycles. The Morgan fingerprint density at radius 3 is 2.62 bits per heavy atom. The number of nitrogens with zero attached hydrogens (tertiary/aromatic N) is 1. The van der Waals surface area contributed by atoms with Gasteiger partial charge in [0.1, 0.15) is 6.04 Å². The number of hydrogen-bond acceptors (Lipinski definition) is 2. The maximum absolute atomic E-state index is 11.8. The van der Waals surface area contributed by atoms with E-state index in [0.29, 0.717) is 5.41 Å². The highest BCUT2D eigenvalue weighted by Gasteiger charge is 2.55. The van der Waals surface area contributed by atoms with Crippen molar-refractivity contribution in [3.05, 3.63) is 0 Å². The van der Waals surface area contributed by atoms with Crippen molar-refractivity contribution in [1.29, 1.82) is 0 Å². The van der Waals surface area contributed by atoms with E-state index in [2.05, 4.69) is 5.32 Å². The zero-order chi connectivity index (χ0) is 11.3. The lowest BCUT2D eigenvalue weighted by atomic mass is 9.98. The monoisotopic (exact) mass is 222 g/mol. The largest absolute Gasteiger partial charge is 0.345 e. The molecular weight excluding hydrogens is 204 g/mol. The Balaban J connectivity index is 1.72. The number of carbonyl (C=O) groups is 2. The van der Waals surface area contributed by atoms with Gasteiger partial charge in [-0.05, 0) is 43.9 Å². The first-order valence-corrected chi connectivity index (χ1v) is 6.20. The molecule has 2 aliphatic carbocycles. The van der Waals surface area contributed by atoms with E-state index in [0.717, 1.165) is 12.5 Å². The summed E-state index contributed by atoms with van der Waals surface area (Å²) in [6.45, 7) is 2.82. The van der Waals surface area contributed by atoms with Gasteiger partial charge in [-0.25, -0.2) is 0 Å². The standard InChI is InChI=1S/C12H18N2O2/c1-8-11(16)13-6-10(15)14(8)7-12(4-5-12)9-2-3-9/h8-9H,2-7H2,1H3,(H,13,16). The SMILES string of the molecule is CC1C(=O)NCC(=O)N1CC1(C2CC2)CC1. The minimum Gasteiger partial charge on any atom is -0.345 e. The van der Waals surface area contributed by atoms with Crippen LogP contribution in [0.15, 0.2) is 0 Å². The molecule has 3 rings (SSSR count). The molecule has 2 saturated carbocycles. The second kappa shape index (κ2) is 3.22. The first-order chi connectivity index (χ1) is 7.62. The maximum atomic E-state index is 11.8. The molecule has 1 saturated heterocycles. The van der Waals surface area contributed by atoms with Gasteiger partial charge in [-0.2, -0.15) is 0 Å². The average molecular weight is 222 g/mol. The summed E-state index contributed by atoms with van der Waals surface area (Å²) in [4.78, 5) is 25.1. The Morgan fingerprint density at radius 1 is 1.38 bits per heavy atom. The molecule has 4 nitrogen and oxygen atoms in total. The van der Waals surface area contributed by atoms with Gasteiger partial charge >= 0.3 is 0 Å². The van der Waals surface area contributed by atoms with Crippen molar-refractivity contribution >= 4 is 11.8 Å². The van der Waals surface area contributed by atoms with Crippen molar-refractivity contribution in [2.45, 2.75) is 38.6 Å². The van der Waals surface area contributed by atoms with Crippen molar-refractivity contribution in [2.75, 3.05) is 13.1 Å². The number of carbonyl (C=O) groups excluding carboxylic acids is 2. The van der Waals surface area contributed by atoms with Gasteiger partial charge in [0.15, 0.2) is 0 Å². The molecule has 0 spiro atoms. The Labute approximate surface area is 95.4 Å². The van der Waals surface area contributed by atoms with E-state index >= 15 is 0 Å². The van der Waals surface area contributed by atoms with Crippen molar-refractivity contribution in [1.82, 2.24) is 10.2 Å². The fourth-order valence-corrected chi connectivity index (χ4v) is 2.89. The van der Waals surface area contributed by atoms with Gasteiger partial charge in [0.2, 0.25) is 11.8 Å². The summed E-state index contributed by atoms with van der Waals surface area (Å²) in [6.07, 6.45) is 5.14. The van der Waals surface area contributed by atoms with Gasteiger partial charge in [-0.15, -0.1) is 0 Å². The van der Waals surface area contributed by atoms with E-state index in [-0.39, 0.29) is 24.4 Å². The summed E-state index contributed by atoms with van der Waals surface area (Å²) in [5.41, 5.74) is 0.390. The normalized spacial score (nSPS) is 32.6. The second-order valence-corrected chi connectivity index (χ2v) is 5.55. The predicted octanol–water partition coefficient (Wildman–Crippen LogP) is 0.523. The molecule has 1 N–H and O–H groups in total. The second-order valence-electron chi connectivity index (χ2n) is 5.55. The first kappa shape index (κ1) is 10.1. The molecule has 0 aromatic carbocycles. The predicted molar refractivity (Wildman–Crippen MR) is 58.6 cm³/mol. The molecule has 3 fully saturated rings. The number of hydrogen-bond donors (Lipinski definition) is 1. The Morgan fingerprint density at radius 2 is 2.06 bits per heavy atom. The minimum atomic E-state index is -0.280. The fraction of sp³-hybridized carbons (Fsp3) is 0.833. The summed E-state index contributed by atoms with van der Waals surface area (Å²) in [5, 5.41) is 2.63. The molecule has 0 aromatic rings.